The zero-order valence-electron chi connectivity index (χ0n) is 43.3. The normalized spacial score (nSPS) is 13.3. The van der Waals surface area contributed by atoms with Crippen molar-refractivity contribution < 1.29 is 28.6 Å². The number of cyclic esters (lactones) is 1. The maximum atomic E-state index is 11.1. The Hall–Kier alpha value is -6.73. The molecule has 12 rings (SSSR count). The molecular formula is C51H76N12O6S. The number of carbonyl (C=O) groups is 3. The lowest BCUT2D eigenvalue weighted by molar-refractivity contribution is -0.145. The number of fused-ring (bicyclic) bond motifs is 6. The van der Waals surface area contributed by atoms with Crippen LogP contribution in [0.15, 0.2) is 73.4 Å². The van der Waals surface area contributed by atoms with Gasteiger partial charge in [0.1, 0.15) is 30.8 Å². The maximum absolute atomic E-state index is 11.1. The van der Waals surface area contributed by atoms with E-state index in [2.05, 4.69) is 61.0 Å². The molecule has 12 heterocycles. The topological polar surface area (TPSA) is 234 Å². The number of aromatic amines is 1. The molecule has 4 N–H and O–H groups in total. The van der Waals surface area contributed by atoms with Crippen molar-refractivity contribution in [3.8, 4) is 10.9 Å². The first-order valence-corrected chi connectivity index (χ1v) is 25.5. The van der Waals surface area contributed by atoms with Gasteiger partial charge in [-0.3, -0.25) is 29.5 Å². The molecule has 18 nitrogen and oxygen atoms in total. The van der Waals surface area contributed by atoms with Crippen LogP contribution in [0.5, 0.6) is 10.9 Å². The van der Waals surface area contributed by atoms with E-state index in [-0.39, 0.29) is 17.8 Å². The van der Waals surface area contributed by atoms with Crippen LogP contribution < -0.4 is 25.4 Å². The molecule has 0 fully saturated rings. The summed E-state index contributed by atoms with van der Waals surface area (Å²) in [6, 6.07) is 7.54. The summed E-state index contributed by atoms with van der Waals surface area (Å²) in [7, 11) is 0. The average molecular weight is 985 g/mol. The Kier molecular flexibility index (Phi) is 33.4. The molecule has 0 bridgehead atoms. The minimum Gasteiger partial charge on any atom is -0.482 e. The molecule has 0 saturated heterocycles. The van der Waals surface area contributed by atoms with Crippen molar-refractivity contribution in [2.24, 2.45) is 0 Å². The summed E-state index contributed by atoms with van der Waals surface area (Å²) in [5.41, 5.74) is 11.0. The molecule has 0 saturated carbocycles. The Bertz CT molecular complexity index is 2210. The van der Waals surface area contributed by atoms with E-state index in [0.29, 0.717) is 31.0 Å². The molecule has 0 radical (unpaired) electrons. The van der Waals surface area contributed by atoms with E-state index in [0.717, 1.165) is 103 Å². The second kappa shape index (κ2) is 38.2. The second-order valence-corrected chi connectivity index (χ2v) is 13.8. The molecule has 6 aromatic heterocycles. The van der Waals surface area contributed by atoms with Gasteiger partial charge in [0.15, 0.2) is 5.06 Å². The van der Waals surface area contributed by atoms with E-state index in [1.54, 1.807) is 36.3 Å². The Morgan fingerprint density at radius 3 is 1.90 bits per heavy atom. The first-order valence-electron chi connectivity index (χ1n) is 24.6. The highest BCUT2D eigenvalue weighted by Gasteiger charge is 2.21. The first kappa shape index (κ1) is 61.3. The zero-order valence-corrected chi connectivity index (χ0v) is 44.2. The maximum Gasteiger partial charge on any atom is 0.317 e. The van der Waals surface area contributed by atoms with Crippen LogP contribution in [0, 0.1) is 0 Å². The average Bonchev–Trinajstić information content (AvgIpc) is 4.31. The van der Waals surface area contributed by atoms with Gasteiger partial charge in [0.05, 0.1) is 48.2 Å². The molecule has 19 heteroatoms. The first-order chi connectivity index (χ1) is 34.5. The highest BCUT2D eigenvalue weighted by Crippen LogP contribution is 2.28. The molecule has 0 aromatic carbocycles. The van der Waals surface area contributed by atoms with Gasteiger partial charge in [-0.25, -0.2) is 24.9 Å². The van der Waals surface area contributed by atoms with Crippen LogP contribution in [-0.2, 0) is 66.0 Å². The number of carbonyl (C=O) groups excluding carboxylic acids is 3. The monoisotopic (exact) mass is 985 g/mol. The van der Waals surface area contributed by atoms with E-state index in [1.165, 1.54) is 17.5 Å². The summed E-state index contributed by atoms with van der Waals surface area (Å²) in [4.78, 5) is 60.3. The number of amides is 1. The summed E-state index contributed by atoms with van der Waals surface area (Å²) < 4.78 is 14.7. The van der Waals surface area contributed by atoms with Crippen molar-refractivity contribution >= 4 is 35.0 Å². The molecular weight excluding hydrogens is 909 g/mol. The number of nitrogens with one attached hydrogen (secondary N) is 4. The predicted molar refractivity (Wildman–Crippen MR) is 277 cm³/mol. The van der Waals surface area contributed by atoms with Crippen LogP contribution in [0.3, 0.4) is 0 Å². The molecule has 6 aromatic rings. The fourth-order valence-corrected chi connectivity index (χ4v) is 6.87. The largest absolute Gasteiger partial charge is 0.482 e. The molecule has 6 aliphatic rings. The third kappa shape index (κ3) is 20.9. The molecule has 0 spiro atoms. The van der Waals surface area contributed by atoms with Crippen molar-refractivity contribution in [2.45, 2.75) is 135 Å². The van der Waals surface area contributed by atoms with Crippen molar-refractivity contribution in [3.05, 3.63) is 124 Å². The molecule has 1 amide bonds. The molecule has 70 heavy (non-hydrogen) atoms. The number of hydrogen-bond donors (Lipinski definition) is 4. The van der Waals surface area contributed by atoms with Gasteiger partial charge in [0.25, 0.3) is 5.91 Å². The fourth-order valence-electron chi connectivity index (χ4n) is 6.16. The number of hydrogen-bond acceptors (Lipinski definition) is 17. The quantitative estimate of drug-likeness (QED) is 0.104. The van der Waals surface area contributed by atoms with Crippen molar-refractivity contribution in [1.29, 1.82) is 0 Å². The molecule has 0 atom stereocenters. The second-order valence-electron chi connectivity index (χ2n) is 13.0. The van der Waals surface area contributed by atoms with Gasteiger partial charge in [0.2, 0.25) is 5.88 Å². The SMILES string of the molecule is CC.CC.CC.CC.CC.CC.O=C1Cc2cccnc2CO1.O=C1Cc2cncnc2O1.O=C1NCCc2cccnc21.c1n[nH]c2c1CCN2.c1nc2c(s1)OCC2.c1ncc2c(n1)CNCC2. The lowest BCUT2D eigenvalue weighted by Gasteiger charge is -2.13. The van der Waals surface area contributed by atoms with Crippen molar-refractivity contribution in [1.82, 2.24) is 55.7 Å². The highest BCUT2D eigenvalue weighted by atomic mass is 32.1. The van der Waals surface area contributed by atoms with Crippen LogP contribution in [0.1, 0.15) is 138 Å². The molecule has 382 valence electrons. The predicted octanol–water partition coefficient (Wildman–Crippen LogP) is 8.72. The van der Waals surface area contributed by atoms with Gasteiger partial charge in [-0.05, 0) is 54.6 Å². The summed E-state index contributed by atoms with van der Waals surface area (Å²) in [5, 5.41) is 16.9. The standard InChI is InChI=1S/C8H8N2O.C8H7NO2.C7H9N3.C6H4N2O2.C5H7N3.C5H5NOS.6C2H6/c11-8-7-6(3-5-10-8)2-1-4-9-7;10-8-4-6-2-1-3-9-7(6)5-11-8;1-2-8-4-7-6(1)3-9-5-10-7;9-5-1-4-2-7-3-8-6(4)10-5;1-2-6-5-4(1)3-7-8-5;1-2-7-5-4(1)6-3-8-5;6*1-2/h1-2,4H,3,5H2,(H,10,11);1-3H,4-5H2;3,5,8H,1-2,4H2;2-3H,1H2;3H,1-2H2,(H2,6,7,8);3H,1-2H2;6*1-2H3. The van der Waals surface area contributed by atoms with Crippen molar-refractivity contribution in [3.63, 3.8) is 0 Å². The Morgan fingerprint density at radius 2 is 1.21 bits per heavy atom. The number of anilines is 1. The number of pyridine rings is 2. The number of esters is 2. The minimum atomic E-state index is -0.254. The van der Waals surface area contributed by atoms with Gasteiger partial charge in [-0.2, -0.15) is 5.10 Å². The number of thiazole rings is 1. The highest BCUT2D eigenvalue weighted by molar-refractivity contribution is 7.11. The van der Waals surface area contributed by atoms with Gasteiger partial charge in [-0.1, -0.05) is 107 Å². The number of rotatable bonds is 0. The van der Waals surface area contributed by atoms with E-state index in [1.807, 2.05) is 125 Å². The van der Waals surface area contributed by atoms with Gasteiger partial charge in [0, 0.05) is 62.0 Å². The summed E-state index contributed by atoms with van der Waals surface area (Å²) >= 11 is 1.58. The van der Waals surface area contributed by atoms with Crippen LogP contribution in [0.25, 0.3) is 0 Å². The molecule has 6 aliphatic heterocycles. The molecule has 0 aliphatic carbocycles. The molecule has 0 unspecified atom stereocenters. The number of nitrogens with zero attached hydrogens (tertiary/aromatic N) is 8. The number of H-pyrrole nitrogens is 1. The summed E-state index contributed by atoms with van der Waals surface area (Å²) in [6.07, 6.45) is 16.4. The van der Waals surface area contributed by atoms with E-state index >= 15 is 0 Å². The smallest absolute Gasteiger partial charge is 0.317 e. The minimum absolute atomic E-state index is 0.0492. The number of aromatic nitrogens is 9. The zero-order chi connectivity index (χ0) is 51.9. The lowest BCUT2D eigenvalue weighted by atomic mass is 10.1. The Morgan fingerprint density at radius 1 is 0.571 bits per heavy atom. The van der Waals surface area contributed by atoms with Gasteiger partial charge < -0.3 is 30.2 Å². The van der Waals surface area contributed by atoms with E-state index in [4.69, 9.17) is 14.2 Å². The Balaban J connectivity index is 0.000000403. The van der Waals surface area contributed by atoms with Crippen LogP contribution in [0.4, 0.5) is 5.82 Å². The van der Waals surface area contributed by atoms with Crippen LogP contribution in [0.2, 0.25) is 0 Å². The Labute approximate surface area is 419 Å². The van der Waals surface area contributed by atoms with Crippen LogP contribution >= 0.6 is 11.3 Å². The van der Waals surface area contributed by atoms with Gasteiger partial charge in [-0.15, -0.1) is 0 Å². The summed E-state index contributed by atoms with van der Waals surface area (Å²) in [6.45, 7) is 28.9. The summed E-state index contributed by atoms with van der Waals surface area (Å²) in [5.74, 6) is 1.04. The number of ether oxygens (including phenoxy) is 3. The third-order valence-electron chi connectivity index (χ3n) is 9.10. The lowest BCUT2D eigenvalue weighted by Crippen LogP contribution is -2.32. The van der Waals surface area contributed by atoms with E-state index in [9.17, 15) is 14.4 Å². The fraction of sp³-hybridized carbons (Fsp3) is 0.471. The van der Waals surface area contributed by atoms with Crippen LogP contribution in [-0.4, -0.2) is 89.2 Å². The van der Waals surface area contributed by atoms with E-state index < -0.39 is 0 Å². The van der Waals surface area contributed by atoms with Gasteiger partial charge >= 0.3 is 11.9 Å². The third-order valence-corrected chi connectivity index (χ3v) is 9.88. The van der Waals surface area contributed by atoms with Crippen molar-refractivity contribution in [2.75, 3.05) is 31.6 Å².